The highest BCUT2D eigenvalue weighted by Crippen LogP contribution is 2.30. The Balaban J connectivity index is 1.72. The van der Waals surface area contributed by atoms with Crippen molar-refractivity contribution in [2.45, 2.75) is 31.9 Å². The third kappa shape index (κ3) is 6.74. The minimum atomic E-state index is -0.301. The molecule has 2 rings (SSSR count). The van der Waals surface area contributed by atoms with Crippen molar-refractivity contribution in [2.75, 3.05) is 18.9 Å². The quantitative estimate of drug-likeness (QED) is 0.608. The fourth-order valence-corrected chi connectivity index (χ4v) is 3.71. The van der Waals surface area contributed by atoms with Gasteiger partial charge < -0.3 is 10.1 Å². The molecule has 2 aromatic rings. The fourth-order valence-electron chi connectivity index (χ4n) is 2.51. The number of amides is 1. The number of hydrogen-bond donors (Lipinski definition) is 1. The van der Waals surface area contributed by atoms with Crippen LogP contribution >= 0.6 is 23.4 Å². The van der Waals surface area contributed by atoms with Crippen LogP contribution in [0.2, 0.25) is 5.02 Å². The van der Waals surface area contributed by atoms with E-state index in [-0.39, 0.29) is 23.7 Å². The van der Waals surface area contributed by atoms with Crippen LogP contribution in [0.1, 0.15) is 31.9 Å². The van der Waals surface area contributed by atoms with Crippen molar-refractivity contribution < 1.29 is 13.9 Å². The van der Waals surface area contributed by atoms with Crippen LogP contribution in [0.25, 0.3) is 0 Å². The van der Waals surface area contributed by atoms with Crippen LogP contribution in [0.5, 0.6) is 5.75 Å². The number of rotatable bonds is 8. The zero-order valence-corrected chi connectivity index (χ0v) is 17.4. The second kappa shape index (κ2) is 10.00. The van der Waals surface area contributed by atoms with Crippen LogP contribution in [0.15, 0.2) is 42.5 Å². The zero-order chi connectivity index (χ0) is 19.9. The molecule has 0 saturated carbocycles. The summed E-state index contributed by atoms with van der Waals surface area (Å²) in [5.41, 5.74) is 1.50. The molecule has 1 amide bonds. The van der Waals surface area contributed by atoms with E-state index in [0.717, 1.165) is 11.3 Å². The molecule has 146 valence electrons. The minimum Gasteiger partial charge on any atom is -0.483 e. The number of para-hydroxylation sites is 1. The number of nitrogens with one attached hydrogen (secondary N) is 1. The summed E-state index contributed by atoms with van der Waals surface area (Å²) >= 11 is 7.51. The van der Waals surface area contributed by atoms with E-state index in [0.29, 0.717) is 28.6 Å². The lowest BCUT2D eigenvalue weighted by Crippen LogP contribution is -2.31. The summed E-state index contributed by atoms with van der Waals surface area (Å²) in [6.45, 7) is 6.77. The third-order valence-electron chi connectivity index (χ3n) is 3.93. The molecule has 0 heterocycles. The second-order valence-corrected chi connectivity index (χ2v) is 8.65. The average Bonchev–Trinajstić information content (AvgIpc) is 2.61. The Morgan fingerprint density at radius 1 is 1.19 bits per heavy atom. The summed E-state index contributed by atoms with van der Waals surface area (Å²) in [5, 5.41) is 3.24. The SMILES string of the molecule is CC(C)(C)c1ccccc1OCC(=O)NCCSCc1c(F)cccc1Cl. The number of hydrogen-bond acceptors (Lipinski definition) is 3. The molecular weight excluding hydrogens is 385 g/mol. The third-order valence-corrected chi connectivity index (χ3v) is 5.27. The molecule has 0 atom stereocenters. The largest absolute Gasteiger partial charge is 0.483 e. The van der Waals surface area contributed by atoms with Crippen LogP contribution < -0.4 is 10.1 Å². The van der Waals surface area contributed by atoms with Crippen molar-refractivity contribution in [3.63, 3.8) is 0 Å². The summed E-state index contributed by atoms with van der Waals surface area (Å²) in [6.07, 6.45) is 0. The van der Waals surface area contributed by atoms with Gasteiger partial charge in [0.05, 0.1) is 0 Å². The summed E-state index contributed by atoms with van der Waals surface area (Å²) in [5.74, 6) is 1.38. The van der Waals surface area contributed by atoms with Gasteiger partial charge in [-0.25, -0.2) is 4.39 Å². The van der Waals surface area contributed by atoms with Gasteiger partial charge in [0.2, 0.25) is 0 Å². The molecule has 0 radical (unpaired) electrons. The van der Waals surface area contributed by atoms with Crippen LogP contribution in [0.4, 0.5) is 4.39 Å². The van der Waals surface area contributed by atoms with E-state index in [1.165, 1.54) is 17.8 Å². The topological polar surface area (TPSA) is 38.3 Å². The lowest BCUT2D eigenvalue weighted by molar-refractivity contribution is -0.122. The minimum absolute atomic E-state index is 0.0309. The molecule has 0 aromatic heterocycles. The molecule has 0 bridgehead atoms. The maximum absolute atomic E-state index is 13.7. The fraction of sp³-hybridized carbons (Fsp3) is 0.381. The number of thioether (sulfide) groups is 1. The predicted octanol–water partition coefficient (Wildman–Crippen LogP) is 5.21. The molecule has 0 aliphatic carbocycles. The lowest BCUT2D eigenvalue weighted by Gasteiger charge is -2.22. The van der Waals surface area contributed by atoms with Gasteiger partial charge in [0.15, 0.2) is 6.61 Å². The van der Waals surface area contributed by atoms with Gasteiger partial charge in [-0.3, -0.25) is 4.79 Å². The highest BCUT2D eigenvalue weighted by atomic mass is 35.5. The van der Waals surface area contributed by atoms with Gasteiger partial charge in [0.25, 0.3) is 5.91 Å². The first-order chi connectivity index (χ1) is 12.8. The molecule has 2 aromatic carbocycles. The summed E-state index contributed by atoms with van der Waals surface area (Å²) < 4.78 is 19.4. The van der Waals surface area contributed by atoms with E-state index >= 15 is 0 Å². The molecule has 27 heavy (non-hydrogen) atoms. The maximum atomic E-state index is 13.7. The molecule has 0 fully saturated rings. The summed E-state index contributed by atoms with van der Waals surface area (Å²) in [4.78, 5) is 12.0. The van der Waals surface area contributed by atoms with Crippen LogP contribution in [-0.2, 0) is 16.0 Å². The normalized spacial score (nSPS) is 11.3. The van der Waals surface area contributed by atoms with E-state index in [1.807, 2.05) is 24.3 Å². The number of carbonyl (C=O) groups is 1. The Labute approximate surface area is 169 Å². The molecule has 6 heteroatoms. The van der Waals surface area contributed by atoms with Gasteiger partial charge in [-0.15, -0.1) is 0 Å². The van der Waals surface area contributed by atoms with Crippen molar-refractivity contribution in [1.29, 1.82) is 0 Å². The van der Waals surface area contributed by atoms with Crippen molar-refractivity contribution in [2.24, 2.45) is 0 Å². The Hall–Kier alpha value is -1.72. The van der Waals surface area contributed by atoms with Gasteiger partial charge in [0.1, 0.15) is 11.6 Å². The maximum Gasteiger partial charge on any atom is 0.257 e. The number of ether oxygens (including phenoxy) is 1. The van der Waals surface area contributed by atoms with Crippen LogP contribution in [-0.4, -0.2) is 24.8 Å². The predicted molar refractivity (Wildman–Crippen MR) is 111 cm³/mol. The molecule has 0 aliphatic rings. The van der Waals surface area contributed by atoms with Crippen molar-refractivity contribution in [3.05, 3.63) is 64.4 Å². The van der Waals surface area contributed by atoms with Gasteiger partial charge in [-0.1, -0.05) is 56.6 Å². The Bertz CT molecular complexity index is 757. The first kappa shape index (κ1) is 21.6. The lowest BCUT2D eigenvalue weighted by atomic mass is 9.86. The first-order valence-corrected chi connectivity index (χ1v) is 10.3. The molecule has 0 saturated heterocycles. The van der Waals surface area contributed by atoms with E-state index < -0.39 is 0 Å². The van der Waals surface area contributed by atoms with Gasteiger partial charge in [-0.05, 0) is 29.2 Å². The van der Waals surface area contributed by atoms with E-state index in [1.54, 1.807) is 12.1 Å². The van der Waals surface area contributed by atoms with Gasteiger partial charge in [-0.2, -0.15) is 11.8 Å². The molecule has 3 nitrogen and oxygen atoms in total. The van der Waals surface area contributed by atoms with Gasteiger partial charge in [0, 0.05) is 28.6 Å². The van der Waals surface area contributed by atoms with Crippen molar-refractivity contribution in [3.8, 4) is 5.75 Å². The Morgan fingerprint density at radius 2 is 1.93 bits per heavy atom. The zero-order valence-electron chi connectivity index (χ0n) is 15.9. The van der Waals surface area contributed by atoms with Crippen LogP contribution in [0, 0.1) is 5.82 Å². The molecule has 1 N–H and O–H groups in total. The molecular formula is C21H25ClFNO2S. The standard InChI is InChI=1S/C21H25ClFNO2S/c1-21(2,3)16-7-4-5-10-19(16)26-13-20(25)24-11-12-27-14-15-17(22)8-6-9-18(15)23/h4-10H,11-14H2,1-3H3,(H,24,25). The van der Waals surface area contributed by atoms with E-state index in [2.05, 4.69) is 26.1 Å². The number of benzene rings is 2. The second-order valence-electron chi connectivity index (χ2n) is 7.14. The summed E-state index contributed by atoms with van der Waals surface area (Å²) in [6, 6.07) is 12.4. The van der Waals surface area contributed by atoms with Crippen molar-refractivity contribution in [1.82, 2.24) is 5.32 Å². The monoisotopic (exact) mass is 409 g/mol. The highest BCUT2D eigenvalue weighted by Gasteiger charge is 2.18. The smallest absolute Gasteiger partial charge is 0.257 e. The van der Waals surface area contributed by atoms with Crippen LogP contribution in [0.3, 0.4) is 0 Å². The molecule has 0 spiro atoms. The van der Waals surface area contributed by atoms with E-state index in [9.17, 15) is 9.18 Å². The number of halogens is 2. The van der Waals surface area contributed by atoms with Crippen molar-refractivity contribution >= 4 is 29.3 Å². The summed E-state index contributed by atoms with van der Waals surface area (Å²) in [7, 11) is 0. The van der Waals surface area contributed by atoms with Gasteiger partial charge >= 0.3 is 0 Å². The van der Waals surface area contributed by atoms with E-state index in [4.69, 9.17) is 16.3 Å². The average molecular weight is 410 g/mol. The first-order valence-electron chi connectivity index (χ1n) is 8.78. The Kier molecular flexibility index (Phi) is 7.99. The highest BCUT2D eigenvalue weighted by molar-refractivity contribution is 7.98. The number of carbonyl (C=O) groups excluding carboxylic acids is 1. The molecule has 0 unspecified atom stereocenters. The Morgan fingerprint density at radius 3 is 2.63 bits per heavy atom. The molecule has 0 aliphatic heterocycles.